The highest BCUT2D eigenvalue weighted by atomic mass is 79.9. The number of ether oxygens (including phenoxy) is 1. The summed E-state index contributed by atoms with van der Waals surface area (Å²) >= 11 is 3.42. The Kier molecular flexibility index (Phi) is 5.51. The van der Waals surface area contributed by atoms with Gasteiger partial charge in [0.05, 0.1) is 12.7 Å². The van der Waals surface area contributed by atoms with Crippen LogP contribution in [0.3, 0.4) is 0 Å². The van der Waals surface area contributed by atoms with Crippen LogP contribution in [0, 0.1) is 5.92 Å². The Balaban J connectivity index is 1.63. The molecule has 0 heterocycles. The molecule has 1 saturated carbocycles. The molecule has 100 valence electrons. The van der Waals surface area contributed by atoms with Crippen molar-refractivity contribution >= 4 is 15.9 Å². The predicted molar refractivity (Wildman–Crippen MR) is 76.8 cm³/mol. The van der Waals surface area contributed by atoms with Crippen molar-refractivity contribution in [3.8, 4) is 5.75 Å². The van der Waals surface area contributed by atoms with E-state index in [0.717, 1.165) is 23.1 Å². The third-order valence-electron chi connectivity index (χ3n) is 3.65. The van der Waals surface area contributed by atoms with Crippen molar-refractivity contribution in [2.45, 2.75) is 44.6 Å². The first-order chi connectivity index (χ1) is 8.75. The number of aliphatic hydroxyl groups excluding tert-OH is 1. The molecule has 2 nitrogen and oxygen atoms in total. The highest BCUT2D eigenvalue weighted by molar-refractivity contribution is 9.10. The maximum absolute atomic E-state index is 10.0. The van der Waals surface area contributed by atoms with E-state index >= 15 is 0 Å². The minimum atomic E-state index is -0.126. The van der Waals surface area contributed by atoms with Crippen molar-refractivity contribution in [1.82, 2.24) is 0 Å². The molecule has 2 rings (SSSR count). The standard InChI is InChI=1S/C15H21BrO2/c16-13-7-3-8-14(11-13)18-10-4-9-15(17)12-5-1-2-6-12/h3,7-8,11-12,15,17H,1-2,4-6,9-10H2. The van der Waals surface area contributed by atoms with Gasteiger partial charge in [-0.15, -0.1) is 0 Å². The zero-order valence-corrected chi connectivity index (χ0v) is 12.2. The van der Waals surface area contributed by atoms with Crippen molar-refractivity contribution in [3.63, 3.8) is 0 Å². The summed E-state index contributed by atoms with van der Waals surface area (Å²) in [5.74, 6) is 1.43. The van der Waals surface area contributed by atoms with Crippen molar-refractivity contribution in [2.24, 2.45) is 5.92 Å². The van der Waals surface area contributed by atoms with Gasteiger partial charge in [0.25, 0.3) is 0 Å². The summed E-state index contributed by atoms with van der Waals surface area (Å²) in [6.45, 7) is 0.681. The molecule has 0 bridgehead atoms. The summed E-state index contributed by atoms with van der Waals surface area (Å²) in [6.07, 6.45) is 6.63. The lowest BCUT2D eigenvalue weighted by atomic mass is 9.97. The number of halogens is 1. The average Bonchev–Trinajstić information content (AvgIpc) is 2.88. The number of hydrogen-bond acceptors (Lipinski definition) is 2. The van der Waals surface area contributed by atoms with E-state index in [9.17, 15) is 5.11 Å². The fraction of sp³-hybridized carbons (Fsp3) is 0.600. The molecule has 18 heavy (non-hydrogen) atoms. The molecule has 0 aromatic heterocycles. The van der Waals surface area contributed by atoms with E-state index in [1.165, 1.54) is 25.7 Å². The molecule has 1 aliphatic carbocycles. The maximum atomic E-state index is 10.0. The highest BCUT2D eigenvalue weighted by Crippen LogP contribution is 2.29. The Labute approximate surface area is 117 Å². The molecule has 1 atom stereocenters. The van der Waals surface area contributed by atoms with E-state index in [-0.39, 0.29) is 6.10 Å². The predicted octanol–water partition coefficient (Wildman–Crippen LogP) is 4.16. The second-order valence-corrected chi connectivity index (χ2v) is 5.98. The molecule has 1 aliphatic rings. The lowest BCUT2D eigenvalue weighted by Gasteiger charge is -2.17. The molecule has 1 aromatic rings. The van der Waals surface area contributed by atoms with Gasteiger partial charge in [-0.2, -0.15) is 0 Å². The normalized spacial score (nSPS) is 17.9. The Morgan fingerprint density at radius 1 is 1.33 bits per heavy atom. The van der Waals surface area contributed by atoms with Gasteiger partial charge >= 0.3 is 0 Å². The Morgan fingerprint density at radius 2 is 2.11 bits per heavy atom. The minimum absolute atomic E-state index is 0.126. The maximum Gasteiger partial charge on any atom is 0.120 e. The van der Waals surface area contributed by atoms with Gasteiger partial charge in [0.1, 0.15) is 5.75 Å². The zero-order chi connectivity index (χ0) is 12.8. The topological polar surface area (TPSA) is 29.5 Å². The van der Waals surface area contributed by atoms with Crippen LogP contribution in [0.1, 0.15) is 38.5 Å². The van der Waals surface area contributed by atoms with Gasteiger partial charge in [-0.3, -0.25) is 0 Å². The van der Waals surface area contributed by atoms with Gasteiger partial charge in [-0.1, -0.05) is 34.8 Å². The van der Waals surface area contributed by atoms with Crippen LogP contribution in [-0.4, -0.2) is 17.8 Å². The summed E-state index contributed by atoms with van der Waals surface area (Å²) < 4.78 is 6.69. The van der Waals surface area contributed by atoms with Gasteiger partial charge in [-0.25, -0.2) is 0 Å². The van der Waals surface area contributed by atoms with E-state index in [0.29, 0.717) is 12.5 Å². The van der Waals surface area contributed by atoms with Gasteiger partial charge in [0, 0.05) is 4.47 Å². The monoisotopic (exact) mass is 312 g/mol. The van der Waals surface area contributed by atoms with Crippen LogP contribution >= 0.6 is 15.9 Å². The van der Waals surface area contributed by atoms with Crippen LogP contribution in [0.15, 0.2) is 28.7 Å². The van der Waals surface area contributed by atoms with Crippen LogP contribution in [0.5, 0.6) is 5.75 Å². The Morgan fingerprint density at radius 3 is 2.83 bits per heavy atom. The molecule has 1 fully saturated rings. The summed E-state index contributed by atoms with van der Waals surface area (Å²) in [5.41, 5.74) is 0. The second-order valence-electron chi connectivity index (χ2n) is 5.06. The van der Waals surface area contributed by atoms with Crippen LogP contribution < -0.4 is 4.74 Å². The summed E-state index contributed by atoms with van der Waals surface area (Å²) in [5, 5.41) is 10.0. The largest absolute Gasteiger partial charge is 0.494 e. The molecule has 0 saturated heterocycles. The lowest BCUT2D eigenvalue weighted by molar-refractivity contribution is 0.0946. The summed E-state index contributed by atoms with van der Waals surface area (Å²) in [6, 6.07) is 7.87. The number of rotatable bonds is 6. The van der Waals surface area contributed by atoms with Crippen molar-refractivity contribution < 1.29 is 9.84 Å². The molecule has 1 aromatic carbocycles. The lowest BCUT2D eigenvalue weighted by Crippen LogP contribution is -2.18. The molecule has 0 spiro atoms. The fourth-order valence-electron chi connectivity index (χ4n) is 2.62. The Hall–Kier alpha value is -0.540. The van der Waals surface area contributed by atoms with Crippen molar-refractivity contribution in [2.75, 3.05) is 6.61 Å². The zero-order valence-electron chi connectivity index (χ0n) is 10.6. The summed E-state index contributed by atoms with van der Waals surface area (Å²) in [4.78, 5) is 0. The first kappa shape index (κ1) is 13.9. The van der Waals surface area contributed by atoms with Gasteiger partial charge < -0.3 is 9.84 Å². The third-order valence-corrected chi connectivity index (χ3v) is 4.15. The van der Waals surface area contributed by atoms with Gasteiger partial charge in [-0.05, 0) is 49.8 Å². The minimum Gasteiger partial charge on any atom is -0.494 e. The second kappa shape index (κ2) is 7.15. The number of hydrogen-bond donors (Lipinski definition) is 1. The number of aliphatic hydroxyl groups is 1. The smallest absolute Gasteiger partial charge is 0.120 e. The molecule has 0 aliphatic heterocycles. The van der Waals surface area contributed by atoms with E-state index in [1.54, 1.807) is 0 Å². The SMILES string of the molecule is OC(CCCOc1cccc(Br)c1)C1CCCC1. The Bertz CT molecular complexity index is 361. The van der Waals surface area contributed by atoms with Crippen LogP contribution in [0.2, 0.25) is 0 Å². The molecular weight excluding hydrogens is 292 g/mol. The average molecular weight is 313 g/mol. The third kappa shape index (κ3) is 4.29. The van der Waals surface area contributed by atoms with Crippen LogP contribution in [0.25, 0.3) is 0 Å². The van der Waals surface area contributed by atoms with Crippen molar-refractivity contribution in [1.29, 1.82) is 0 Å². The van der Waals surface area contributed by atoms with Gasteiger partial charge in [0.2, 0.25) is 0 Å². The van der Waals surface area contributed by atoms with E-state index in [4.69, 9.17) is 4.74 Å². The van der Waals surface area contributed by atoms with Gasteiger partial charge in [0.15, 0.2) is 0 Å². The summed E-state index contributed by atoms with van der Waals surface area (Å²) in [7, 11) is 0. The highest BCUT2D eigenvalue weighted by Gasteiger charge is 2.22. The molecule has 0 radical (unpaired) electrons. The first-order valence-electron chi connectivity index (χ1n) is 6.82. The number of benzene rings is 1. The quantitative estimate of drug-likeness (QED) is 0.799. The van der Waals surface area contributed by atoms with E-state index < -0.39 is 0 Å². The molecule has 1 unspecified atom stereocenters. The molecular formula is C15H21BrO2. The molecule has 3 heteroatoms. The first-order valence-corrected chi connectivity index (χ1v) is 7.61. The van der Waals surface area contributed by atoms with E-state index in [2.05, 4.69) is 15.9 Å². The molecule has 0 amide bonds. The van der Waals surface area contributed by atoms with Crippen molar-refractivity contribution in [3.05, 3.63) is 28.7 Å². The molecule has 1 N–H and O–H groups in total. The fourth-order valence-corrected chi connectivity index (χ4v) is 3.00. The van der Waals surface area contributed by atoms with Crippen LogP contribution in [0.4, 0.5) is 0 Å². The van der Waals surface area contributed by atoms with Crippen LogP contribution in [-0.2, 0) is 0 Å². The van der Waals surface area contributed by atoms with E-state index in [1.807, 2.05) is 24.3 Å².